The molecule has 0 bridgehead atoms. The van der Waals surface area contributed by atoms with Crippen molar-refractivity contribution >= 4 is 10.1 Å². The number of hydrogen-bond acceptors (Lipinski definition) is 4. The van der Waals surface area contributed by atoms with E-state index in [1.54, 1.807) is 6.26 Å². The standard InChI is InChI=1S/C10H17NO4S/c1-9(10-4-2-6-15-10)8-11-5-3-7-16(12,13)14/h2,4,6,9,11H,3,5,7-8H2,1H3,(H,12,13,14). The molecule has 0 aliphatic carbocycles. The molecule has 0 spiro atoms. The van der Waals surface area contributed by atoms with Gasteiger partial charge in [-0.3, -0.25) is 4.55 Å². The van der Waals surface area contributed by atoms with Crippen LogP contribution >= 0.6 is 0 Å². The lowest BCUT2D eigenvalue weighted by atomic mass is 10.1. The molecular weight excluding hydrogens is 230 g/mol. The average Bonchev–Trinajstić information content (AvgIpc) is 2.67. The second-order valence-electron chi connectivity index (χ2n) is 3.76. The predicted octanol–water partition coefficient (Wildman–Crippen LogP) is 1.25. The minimum atomic E-state index is -3.83. The van der Waals surface area contributed by atoms with Crippen molar-refractivity contribution < 1.29 is 17.4 Å². The van der Waals surface area contributed by atoms with Gasteiger partial charge in [-0.1, -0.05) is 6.92 Å². The Morgan fingerprint density at radius 3 is 2.88 bits per heavy atom. The molecule has 0 saturated heterocycles. The lowest BCUT2D eigenvalue weighted by molar-refractivity contribution is 0.456. The number of furan rings is 1. The third kappa shape index (κ3) is 5.29. The van der Waals surface area contributed by atoms with E-state index in [0.29, 0.717) is 13.0 Å². The van der Waals surface area contributed by atoms with E-state index in [9.17, 15) is 8.42 Å². The van der Waals surface area contributed by atoms with Crippen LogP contribution in [-0.2, 0) is 10.1 Å². The Morgan fingerprint density at radius 1 is 1.56 bits per heavy atom. The first-order valence-corrected chi connectivity index (χ1v) is 6.79. The Kier molecular flexibility index (Phi) is 4.98. The lowest BCUT2D eigenvalue weighted by Crippen LogP contribution is -2.22. The van der Waals surface area contributed by atoms with E-state index in [0.717, 1.165) is 12.3 Å². The largest absolute Gasteiger partial charge is 0.469 e. The first-order valence-electron chi connectivity index (χ1n) is 5.18. The second-order valence-corrected chi connectivity index (χ2v) is 5.33. The van der Waals surface area contributed by atoms with Crippen LogP contribution in [0.15, 0.2) is 22.8 Å². The van der Waals surface area contributed by atoms with Gasteiger partial charge in [-0.15, -0.1) is 0 Å². The summed E-state index contributed by atoms with van der Waals surface area (Å²) in [5.74, 6) is 0.956. The van der Waals surface area contributed by atoms with Crippen molar-refractivity contribution in [3.8, 4) is 0 Å². The van der Waals surface area contributed by atoms with Crippen molar-refractivity contribution in [3.63, 3.8) is 0 Å². The van der Waals surface area contributed by atoms with Gasteiger partial charge in [-0.2, -0.15) is 8.42 Å². The maximum atomic E-state index is 10.4. The van der Waals surface area contributed by atoms with E-state index in [4.69, 9.17) is 8.97 Å². The van der Waals surface area contributed by atoms with Crippen LogP contribution in [0.25, 0.3) is 0 Å². The van der Waals surface area contributed by atoms with Gasteiger partial charge in [-0.05, 0) is 25.1 Å². The normalized spacial score (nSPS) is 13.9. The Morgan fingerprint density at radius 2 is 2.31 bits per heavy atom. The molecule has 0 amide bonds. The molecule has 2 N–H and O–H groups in total. The average molecular weight is 247 g/mol. The molecule has 1 aromatic rings. The fourth-order valence-electron chi connectivity index (χ4n) is 1.37. The highest BCUT2D eigenvalue weighted by Gasteiger charge is 2.08. The van der Waals surface area contributed by atoms with Crippen molar-refractivity contribution in [3.05, 3.63) is 24.2 Å². The fraction of sp³-hybridized carbons (Fsp3) is 0.600. The second kappa shape index (κ2) is 6.03. The van der Waals surface area contributed by atoms with Crippen LogP contribution in [0.3, 0.4) is 0 Å². The first kappa shape index (κ1) is 13.2. The van der Waals surface area contributed by atoms with E-state index in [-0.39, 0.29) is 11.7 Å². The lowest BCUT2D eigenvalue weighted by Gasteiger charge is -2.09. The molecule has 0 aliphatic rings. The molecule has 0 aromatic carbocycles. The van der Waals surface area contributed by atoms with Crippen LogP contribution in [0.5, 0.6) is 0 Å². The number of nitrogens with one attached hydrogen (secondary N) is 1. The first-order chi connectivity index (χ1) is 7.49. The summed E-state index contributed by atoms with van der Waals surface area (Å²) in [5, 5.41) is 3.11. The highest BCUT2D eigenvalue weighted by atomic mass is 32.2. The maximum absolute atomic E-state index is 10.4. The molecule has 16 heavy (non-hydrogen) atoms. The van der Waals surface area contributed by atoms with Gasteiger partial charge >= 0.3 is 0 Å². The number of hydrogen-bond donors (Lipinski definition) is 2. The summed E-state index contributed by atoms with van der Waals surface area (Å²) < 4.78 is 34.6. The minimum absolute atomic E-state index is 0.199. The van der Waals surface area contributed by atoms with Gasteiger partial charge in [0.2, 0.25) is 0 Å². The summed E-state index contributed by atoms with van der Waals surface area (Å²) in [6, 6.07) is 3.74. The van der Waals surface area contributed by atoms with Crippen LogP contribution in [0.2, 0.25) is 0 Å². The fourth-order valence-corrected chi connectivity index (χ4v) is 1.88. The predicted molar refractivity (Wildman–Crippen MR) is 61.0 cm³/mol. The third-order valence-electron chi connectivity index (χ3n) is 2.24. The molecule has 92 valence electrons. The van der Waals surface area contributed by atoms with Gasteiger partial charge in [0, 0.05) is 12.5 Å². The third-order valence-corrected chi connectivity index (χ3v) is 3.04. The zero-order valence-corrected chi connectivity index (χ0v) is 10.0. The van der Waals surface area contributed by atoms with Crippen molar-refractivity contribution in [2.75, 3.05) is 18.8 Å². The van der Waals surface area contributed by atoms with E-state index < -0.39 is 10.1 Å². The summed E-state index contributed by atoms with van der Waals surface area (Å²) in [5.41, 5.74) is 0. The zero-order chi connectivity index (χ0) is 12.0. The Balaban J connectivity index is 2.12. The van der Waals surface area contributed by atoms with Crippen LogP contribution < -0.4 is 5.32 Å². The molecular formula is C10H17NO4S. The summed E-state index contributed by atoms with van der Waals surface area (Å²) in [7, 11) is -3.83. The zero-order valence-electron chi connectivity index (χ0n) is 9.22. The van der Waals surface area contributed by atoms with Crippen LogP contribution in [-0.4, -0.2) is 31.8 Å². The van der Waals surface area contributed by atoms with Gasteiger partial charge in [0.15, 0.2) is 0 Å². The van der Waals surface area contributed by atoms with Crippen LogP contribution in [0.4, 0.5) is 0 Å². The Bertz CT molecular complexity index is 385. The molecule has 1 unspecified atom stereocenters. The summed E-state index contributed by atoms with van der Waals surface area (Å²) >= 11 is 0. The van der Waals surface area contributed by atoms with E-state index in [1.807, 2.05) is 19.1 Å². The molecule has 1 rings (SSSR count). The SMILES string of the molecule is CC(CNCCCS(=O)(=O)O)c1ccco1. The summed E-state index contributed by atoms with van der Waals surface area (Å²) in [4.78, 5) is 0. The van der Waals surface area contributed by atoms with Crippen molar-refractivity contribution in [2.24, 2.45) is 0 Å². The molecule has 1 aromatic heterocycles. The van der Waals surface area contributed by atoms with Crippen molar-refractivity contribution in [1.29, 1.82) is 0 Å². The molecule has 1 heterocycles. The van der Waals surface area contributed by atoms with Gasteiger partial charge in [0.05, 0.1) is 12.0 Å². The van der Waals surface area contributed by atoms with Gasteiger partial charge in [0.1, 0.15) is 5.76 Å². The molecule has 1 atom stereocenters. The topological polar surface area (TPSA) is 79.5 Å². The van der Waals surface area contributed by atoms with Crippen molar-refractivity contribution in [2.45, 2.75) is 19.3 Å². The van der Waals surface area contributed by atoms with E-state index in [1.165, 1.54) is 0 Å². The van der Waals surface area contributed by atoms with E-state index >= 15 is 0 Å². The van der Waals surface area contributed by atoms with Crippen LogP contribution in [0.1, 0.15) is 25.0 Å². The highest BCUT2D eigenvalue weighted by Crippen LogP contribution is 2.13. The summed E-state index contributed by atoms with van der Waals surface area (Å²) in [6.07, 6.45) is 2.04. The molecule has 0 fully saturated rings. The van der Waals surface area contributed by atoms with Crippen molar-refractivity contribution in [1.82, 2.24) is 5.32 Å². The van der Waals surface area contributed by atoms with Gasteiger partial charge < -0.3 is 9.73 Å². The quantitative estimate of drug-likeness (QED) is 0.560. The van der Waals surface area contributed by atoms with Gasteiger partial charge in [-0.25, -0.2) is 0 Å². The summed E-state index contributed by atoms with van der Waals surface area (Å²) in [6.45, 7) is 3.30. The van der Waals surface area contributed by atoms with Crippen LogP contribution in [0, 0.1) is 0 Å². The Hall–Kier alpha value is -0.850. The van der Waals surface area contributed by atoms with E-state index in [2.05, 4.69) is 5.32 Å². The molecule has 0 saturated carbocycles. The molecule has 5 nitrogen and oxygen atoms in total. The smallest absolute Gasteiger partial charge is 0.264 e. The minimum Gasteiger partial charge on any atom is -0.469 e. The monoisotopic (exact) mass is 247 g/mol. The number of rotatable bonds is 7. The maximum Gasteiger partial charge on any atom is 0.264 e. The Labute approximate surface area is 95.6 Å². The van der Waals surface area contributed by atoms with Gasteiger partial charge in [0.25, 0.3) is 10.1 Å². The molecule has 0 aliphatic heterocycles. The molecule has 0 radical (unpaired) electrons. The highest BCUT2D eigenvalue weighted by molar-refractivity contribution is 7.85. The molecule has 6 heteroatoms.